The number of piperidine rings is 1. The molecule has 0 unspecified atom stereocenters. The number of aromatic nitrogens is 2. The number of halogens is 2. The molecule has 1 aliphatic rings. The van der Waals surface area contributed by atoms with Crippen molar-refractivity contribution in [1.29, 1.82) is 0 Å². The van der Waals surface area contributed by atoms with Crippen LogP contribution in [-0.4, -0.2) is 42.0 Å². The van der Waals surface area contributed by atoms with Crippen molar-refractivity contribution in [2.24, 2.45) is 10.7 Å². The van der Waals surface area contributed by atoms with Crippen molar-refractivity contribution in [3.05, 3.63) is 60.1 Å². The average molecular weight is 427 g/mol. The Labute approximate surface area is 178 Å². The lowest BCUT2D eigenvalue weighted by Crippen LogP contribution is -2.44. The standard InChI is InChI=1S/C21H23F2N7O/c1-29(14-6-8-30(9-7-14)16-5-4-13(22)11-15(16)23)19-12-18(27-21(25)28-19)26-20(24)17-3-2-10-31-17/h2-5,10-12,14H,6-9H2,1H3,(H4,24,25,26,27,28). The fraction of sp³-hybridized carbons (Fsp3) is 0.286. The minimum atomic E-state index is -0.580. The molecule has 4 N–H and O–H groups in total. The van der Waals surface area contributed by atoms with Gasteiger partial charge in [-0.25, -0.2) is 13.8 Å². The molecule has 0 amide bonds. The number of aliphatic imine (C=N–C) groups is 1. The molecule has 4 rings (SSSR count). The van der Waals surface area contributed by atoms with Gasteiger partial charge in [0, 0.05) is 38.3 Å². The van der Waals surface area contributed by atoms with Crippen LogP contribution in [0.25, 0.3) is 0 Å². The van der Waals surface area contributed by atoms with E-state index in [2.05, 4.69) is 15.0 Å². The van der Waals surface area contributed by atoms with Crippen LogP contribution in [0.15, 0.2) is 52.1 Å². The van der Waals surface area contributed by atoms with Crippen molar-refractivity contribution < 1.29 is 13.2 Å². The van der Waals surface area contributed by atoms with Crippen molar-refractivity contribution in [3.8, 4) is 0 Å². The van der Waals surface area contributed by atoms with Gasteiger partial charge in [-0.2, -0.15) is 9.97 Å². The summed E-state index contributed by atoms with van der Waals surface area (Å²) < 4.78 is 32.5. The number of amidine groups is 1. The van der Waals surface area contributed by atoms with Crippen LogP contribution in [0.3, 0.4) is 0 Å². The summed E-state index contributed by atoms with van der Waals surface area (Å²) in [5, 5.41) is 0. The van der Waals surface area contributed by atoms with Gasteiger partial charge in [-0.1, -0.05) is 0 Å². The van der Waals surface area contributed by atoms with Gasteiger partial charge in [0.05, 0.1) is 12.0 Å². The lowest BCUT2D eigenvalue weighted by molar-refractivity contribution is 0.473. The van der Waals surface area contributed by atoms with Crippen molar-refractivity contribution in [1.82, 2.24) is 9.97 Å². The lowest BCUT2D eigenvalue weighted by Gasteiger charge is -2.38. The topological polar surface area (TPSA) is 110 Å². The molecule has 0 atom stereocenters. The third-order valence-electron chi connectivity index (χ3n) is 5.35. The SMILES string of the molecule is CN(c1cc(/N=C(\N)c2ccco2)nc(N)n1)C1CCN(c2ccc(F)cc2F)CC1. The van der Waals surface area contributed by atoms with Gasteiger partial charge in [0.15, 0.2) is 17.4 Å². The summed E-state index contributed by atoms with van der Waals surface area (Å²) in [6.45, 7) is 1.27. The molecule has 3 aromatic rings. The molecule has 10 heteroatoms. The predicted octanol–water partition coefficient (Wildman–Crippen LogP) is 3.07. The van der Waals surface area contributed by atoms with Gasteiger partial charge in [-0.05, 0) is 37.1 Å². The summed E-state index contributed by atoms with van der Waals surface area (Å²) in [7, 11) is 1.92. The highest BCUT2D eigenvalue weighted by Gasteiger charge is 2.25. The van der Waals surface area contributed by atoms with Crippen LogP contribution in [0.2, 0.25) is 0 Å². The van der Waals surface area contributed by atoms with E-state index in [9.17, 15) is 8.78 Å². The molecule has 0 radical (unpaired) electrons. The molecule has 1 aromatic carbocycles. The molecule has 31 heavy (non-hydrogen) atoms. The minimum Gasteiger partial charge on any atom is -0.461 e. The van der Waals surface area contributed by atoms with E-state index in [0.717, 1.165) is 18.9 Å². The first kappa shape index (κ1) is 20.6. The van der Waals surface area contributed by atoms with E-state index in [-0.39, 0.29) is 17.8 Å². The molecular weight excluding hydrogens is 404 g/mol. The van der Waals surface area contributed by atoms with E-state index in [0.29, 0.717) is 36.2 Å². The molecule has 0 saturated carbocycles. The first-order chi connectivity index (χ1) is 14.9. The van der Waals surface area contributed by atoms with Crippen LogP contribution in [0, 0.1) is 11.6 Å². The van der Waals surface area contributed by atoms with E-state index in [1.165, 1.54) is 18.4 Å². The van der Waals surface area contributed by atoms with Crippen LogP contribution >= 0.6 is 0 Å². The van der Waals surface area contributed by atoms with Gasteiger partial charge >= 0.3 is 0 Å². The van der Waals surface area contributed by atoms with Crippen LogP contribution < -0.4 is 21.3 Å². The highest BCUT2D eigenvalue weighted by Crippen LogP contribution is 2.28. The fourth-order valence-corrected chi connectivity index (χ4v) is 3.70. The zero-order valence-electron chi connectivity index (χ0n) is 17.0. The minimum absolute atomic E-state index is 0.0844. The zero-order valence-corrected chi connectivity index (χ0v) is 17.0. The number of nitrogens with two attached hydrogens (primary N) is 2. The van der Waals surface area contributed by atoms with Gasteiger partial charge in [0.1, 0.15) is 17.5 Å². The number of benzene rings is 1. The van der Waals surface area contributed by atoms with Gasteiger partial charge in [-0.3, -0.25) is 0 Å². The zero-order chi connectivity index (χ0) is 22.0. The largest absolute Gasteiger partial charge is 0.461 e. The van der Waals surface area contributed by atoms with Crippen LogP contribution in [0.1, 0.15) is 18.6 Å². The maximum atomic E-state index is 14.1. The third kappa shape index (κ3) is 4.57. The van der Waals surface area contributed by atoms with Crippen molar-refractivity contribution in [2.45, 2.75) is 18.9 Å². The van der Waals surface area contributed by atoms with Crippen LogP contribution in [0.5, 0.6) is 0 Å². The first-order valence-corrected chi connectivity index (χ1v) is 9.86. The summed E-state index contributed by atoms with van der Waals surface area (Å²) in [6, 6.07) is 8.95. The Kier molecular flexibility index (Phi) is 5.70. The number of anilines is 3. The number of nitrogens with zero attached hydrogens (tertiary/aromatic N) is 5. The van der Waals surface area contributed by atoms with Crippen molar-refractivity contribution in [3.63, 3.8) is 0 Å². The normalized spacial score (nSPS) is 15.3. The Bertz CT molecular complexity index is 1080. The molecule has 1 aliphatic heterocycles. The number of nitrogen functional groups attached to an aromatic ring is 1. The van der Waals surface area contributed by atoms with Gasteiger partial charge in [0.25, 0.3) is 0 Å². The summed E-state index contributed by atoms with van der Waals surface area (Å²) in [5.41, 5.74) is 12.3. The molecule has 0 bridgehead atoms. The maximum absolute atomic E-state index is 14.1. The maximum Gasteiger partial charge on any atom is 0.224 e. The Morgan fingerprint density at radius 3 is 2.65 bits per heavy atom. The van der Waals surface area contributed by atoms with Crippen molar-refractivity contribution >= 4 is 29.1 Å². The van der Waals surface area contributed by atoms with Gasteiger partial charge in [0.2, 0.25) is 5.95 Å². The van der Waals surface area contributed by atoms with E-state index in [1.54, 1.807) is 18.2 Å². The molecule has 8 nitrogen and oxygen atoms in total. The number of hydrogen-bond acceptors (Lipinski definition) is 7. The predicted molar refractivity (Wildman–Crippen MR) is 116 cm³/mol. The second-order valence-corrected chi connectivity index (χ2v) is 7.34. The Hall–Kier alpha value is -3.69. The lowest BCUT2D eigenvalue weighted by atomic mass is 10.0. The average Bonchev–Trinajstić information content (AvgIpc) is 3.28. The van der Waals surface area contributed by atoms with E-state index in [4.69, 9.17) is 15.9 Å². The number of furan rings is 1. The highest BCUT2D eigenvalue weighted by molar-refractivity contribution is 5.96. The molecule has 162 valence electrons. The Morgan fingerprint density at radius 1 is 1.19 bits per heavy atom. The number of hydrogen-bond donors (Lipinski definition) is 2. The molecule has 2 aromatic heterocycles. The molecule has 1 saturated heterocycles. The second-order valence-electron chi connectivity index (χ2n) is 7.34. The highest BCUT2D eigenvalue weighted by atomic mass is 19.1. The smallest absolute Gasteiger partial charge is 0.224 e. The van der Waals surface area contributed by atoms with Gasteiger partial charge < -0.3 is 25.7 Å². The second kappa shape index (κ2) is 8.58. The van der Waals surface area contributed by atoms with Crippen molar-refractivity contribution in [2.75, 3.05) is 35.7 Å². The first-order valence-electron chi connectivity index (χ1n) is 9.86. The van der Waals surface area contributed by atoms with Gasteiger partial charge in [-0.15, -0.1) is 0 Å². The Balaban J connectivity index is 1.47. The van der Waals surface area contributed by atoms with E-state index >= 15 is 0 Å². The third-order valence-corrected chi connectivity index (χ3v) is 5.35. The fourth-order valence-electron chi connectivity index (χ4n) is 3.70. The van der Waals surface area contributed by atoms with E-state index < -0.39 is 11.6 Å². The van der Waals surface area contributed by atoms with Crippen LogP contribution in [-0.2, 0) is 0 Å². The van der Waals surface area contributed by atoms with Crippen LogP contribution in [0.4, 0.5) is 32.1 Å². The summed E-state index contributed by atoms with van der Waals surface area (Å²) in [5.74, 6) is 0.523. The molecule has 0 aliphatic carbocycles. The molecular formula is C21H23F2N7O. The molecule has 3 heterocycles. The Morgan fingerprint density at radius 2 is 1.97 bits per heavy atom. The quantitative estimate of drug-likeness (QED) is 0.476. The summed E-state index contributed by atoms with van der Waals surface area (Å²) in [6.07, 6.45) is 3.05. The molecule has 0 spiro atoms. The monoisotopic (exact) mass is 427 g/mol. The van der Waals surface area contributed by atoms with E-state index in [1.807, 2.05) is 16.8 Å². The summed E-state index contributed by atoms with van der Waals surface area (Å²) in [4.78, 5) is 16.7. The molecule has 1 fully saturated rings. The number of rotatable bonds is 5. The summed E-state index contributed by atoms with van der Waals surface area (Å²) >= 11 is 0.